The van der Waals surface area contributed by atoms with E-state index in [2.05, 4.69) is 25.7 Å². The highest BCUT2D eigenvalue weighted by molar-refractivity contribution is 9.10. The van der Waals surface area contributed by atoms with Gasteiger partial charge in [0.2, 0.25) is 0 Å². The summed E-state index contributed by atoms with van der Waals surface area (Å²) in [5.41, 5.74) is 2.35. The van der Waals surface area contributed by atoms with Crippen LogP contribution in [0, 0.1) is 10.1 Å². The van der Waals surface area contributed by atoms with E-state index < -0.39 is 0 Å². The zero-order valence-corrected chi connectivity index (χ0v) is 21.9. The van der Waals surface area contributed by atoms with Crippen molar-refractivity contribution in [2.45, 2.75) is 19.3 Å². The molecular weight excluding hydrogens is 524 g/mol. The average Bonchev–Trinajstić information content (AvgIpc) is 2.93. The second kappa shape index (κ2) is 10.3. The van der Waals surface area contributed by atoms with E-state index in [4.69, 9.17) is 4.74 Å². The SMILES string of the molecule is COc1c(C(=O)N2CCN(c3ccc([N+](=O)[O-])c(N4CCCCC4)c3)CC2)cc2ccccc2c1Br. The number of methoxy groups -OCH3 is 1. The van der Waals surface area contributed by atoms with Crippen LogP contribution < -0.4 is 14.5 Å². The first-order valence-corrected chi connectivity index (χ1v) is 13.1. The number of piperidine rings is 1. The van der Waals surface area contributed by atoms with Crippen LogP contribution in [0.1, 0.15) is 29.6 Å². The third-order valence-electron chi connectivity index (χ3n) is 7.16. The van der Waals surface area contributed by atoms with E-state index >= 15 is 0 Å². The van der Waals surface area contributed by atoms with Gasteiger partial charge >= 0.3 is 0 Å². The van der Waals surface area contributed by atoms with Crippen LogP contribution in [0.25, 0.3) is 10.8 Å². The van der Waals surface area contributed by atoms with Gasteiger partial charge in [-0.3, -0.25) is 14.9 Å². The van der Waals surface area contributed by atoms with E-state index in [1.54, 1.807) is 13.2 Å². The molecule has 0 N–H and O–H groups in total. The van der Waals surface area contributed by atoms with E-state index in [9.17, 15) is 14.9 Å². The Balaban J connectivity index is 1.35. The summed E-state index contributed by atoms with van der Waals surface area (Å²) in [6, 6.07) is 15.2. The zero-order valence-electron chi connectivity index (χ0n) is 20.3. The Morgan fingerprint density at radius 1 is 0.944 bits per heavy atom. The second-order valence-corrected chi connectivity index (χ2v) is 10.0. The van der Waals surface area contributed by atoms with E-state index in [1.807, 2.05) is 47.4 Å². The third-order valence-corrected chi connectivity index (χ3v) is 7.95. The highest BCUT2D eigenvalue weighted by Gasteiger charge is 2.28. The van der Waals surface area contributed by atoms with Crippen LogP contribution in [0.3, 0.4) is 0 Å². The minimum atomic E-state index is -0.292. The van der Waals surface area contributed by atoms with Crippen LogP contribution >= 0.6 is 15.9 Å². The van der Waals surface area contributed by atoms with Gasteiger partial charge < -0.3 is 19.4 Å². The lowest BCUT2D eigenvalue weighted by Gasteiger charge is -2.37. The summed E-state index contributed by atoms with van der Waals surface area (Å²) in [5.74, 6) is 0.485. The Kier molecular flexibility index (Phi) is 7.00. The fraction of sp³-hybridized carbons (Fsp3) is 0.370. The van der Waals surface area contributed by atoms with Crippen LogP contribution in [0.5, 0.6) is 5.75 Å². The average molecular weight is 553 g/mol. The van der Waals surface area contributed by atoms with Gasteiger partial charge in [0.05, 0.1) is 22.1 Å². The molecule has 0 aromatic heterocycles. The van der Waals surface area contributed by atoms with Gasteiger partial charge in [0.15, 0.2) is 0 Å². The molecule has 9 heteroatoms. The molecule has 2 heterocycles. The minimum Gasteiger partial charge on any atom is -0.495 e. The molecule has 2 aliphatic heterocycles. The number of fused-ring (bicyclic) bond motifs is 1. The van der Waals surface area contributed by atoms with Crippen LogP contribution in [0.4, 0.5) is 17.1 Å². The number of hydrogen-bond acceptors (Lipinski definition) is 6. The van der Waals surface area contributed by atoms with Gasteiger partial charge in [-0.1, -0.05) is 24.3 Å². The first-order valence-electron chi connectivity index (χ1n) is 12.3. The molecule has 0 spiro atoms. The largest absolute Gasteiger partial charge is 0.495 e. The molecule has 0 saturated carbocycles. The van der Waals surface area contributed by atoms with Crippen LogP contribution in [-0.2, 0) is 0 Å². The summed E-state index contributed by atoms with van der Waals surface area (Å²) < 4.78 is 6.40. The van der Waals surface area contributed by atoms with Gasteiger partial charge in [-0.25, -0.2) is 0 Å². The Morgan fingerprint density at radius 3 is 2.36 bits per heavy atom. The van der Waals surface area contributed by atoms with Crippen molar-refractivity contribution in [2.24, 2.45) is 0 Å². The molecule has 0 atom stereocenters. The zero-order chi connectivity index (χ0) is 25.2. The highest BCUT2D eigenvalue weighted by atomic mass is 79.9. The number of ether oxygens (including phenoxy) is 1. The van der Waals surface area contributed by atoms with Crippen LogP contribution in [0.15, 0.2) is 53.0 Å². The molecule has 1 amide bonds. The first kappa shape index (κ1) is 24.4. The highest BCUT2D eigenvalue weighted by Crippen LogP contribution is 2.38. The van der Waals surface area contributed by atoms with Gasteiger partial charge in [0, 0.05) is 51.0 Å². The van der Waals surface area contributed by atoms with E-state index in [1.165, 1.54) is 6.42 Å². The lowest BCUT2D eigenvalue weighted by molar-refractivity contribution is -0.384. The molecule has 3 aromatic carbocycles. The van der Waals surface area contributed by atoms with Crippen molar-refractivity contribution in [3.63, 3.8) is 0 Å². The lowest BCUT2D eigenvalue weighted by atomic mass is 10.0. The number of benzene rings is 3. The molecule has 188 valence electrons. The Morgan fingerprint density at radius 2 is 1.67 bits per heavy atom. The van der Waals surface area contributed by atoms with Gasteiger partial charge in [0.1, 0.15) is 11.4 Å². The van der Waals surface area contributed by atoms with Crippen molar-refractivity contribution in [1.29, 1.82) is 0 Å². The Bertz CT molecular complexity index is 1300. The molecule has 3 aromatic rings. The van der Waals surface area contributed by atoms with Gasteiger partial charge in [-0.05, 0) is 64.2 Å². The molecule has 8 nitrogen and oxygen atoms in total. The first-order chi connectivity index (χ1) is 17.5. The van der Waals surface area contributed by atoms with Crippen molar-refractivity contribution in [3.8, 4) is 5.75 Å². The van der Waals surface area contributed by atoms with Crippen molar-refractivity contribution < 1.29 is 14.5 Å². The molecule has 0 bridgehead atoms. The summed E-state index contributed by atoms with van der Waals surface area (Å²) >= 11 is 3.62. The summed E-state index contributed by atoms with van der Waals surface area (Å²) in [7, 11) is 1.58. The van der Waals surface area contributed by atoms with Gasteiger partial charge in [-0.15, -0.1) is 0 Å². The van der Waals surface area contributed by atoms with E-state index in [-0.39, 0.29) is 16.5 Å². The standard InChI is InChI=1S/C27H29BrN4O4/c1-36-26-22(17-19-7-3-4-8-21(19)25(26)28)27(33)31-15-13-29(14-16-31)20-9-10-23(32(34)35)24(18-20)30-11-5-2-6-12-30/h3-4,7-10,17-18H,2,5-6,11-16H2,1H3. The number of halogens is 1. The molecule has 2 fully saturated rings. The van der Waals surface area contributed by atoms with Crippen molar-refractivity contribution >= 4 is 49.7 Å². The van der Waals surface area contributed by atoms with Gasteiger partial charge in [-0.2, -0.15) is 0 Å². The number of carbonyl (C=O) groups is 1. The van der Waals surface area contributed by atoms with Gasteiger partial charge in [0.25, 0.3) is 11.6 Å². The molecule has 0 aliphatic carbocycles. The maximum atomic E-state index is 13.5. The van der Waals surface area contributed by atoms with Crippen molar-refractivity contribution in [1.82, 2.24) is 4.90 Å². The monoisotopic (exact) mass is 552 g/mol. The number of anilines is 2. The number of nitro groups is 1. The number of carbonyl (C=O) groups excluding carboxylic acids is 1. The molecular formula is C27H29BrN4O4. The molecule has 2 saturated heterocycles. The number of nitrogens with zero attached hydrogens (tertiary/aromatic N) is 4. The number of amides is 1. The third kappa shape index (κ3) is 4.59. The number of piperazine rings is 1. The topological polar surface area (TPSA) is 79.2 Å². The predicted octanol–water partition coefficient (Wildman–Crippen LogP) is 5.47. The quantitative estimate of drug-likeness (QED) is 0.308. The molecule has 0 radical (unpaired) electrons. The Labute approximate surface area is 218 Å². The lowest BCUT2D eigenvalue weighted by Crippen LogP contribution is -2.49. The fourth-order valence-electron chi connectivity index (χ4n) is 5.23. The van der Waals surface area contributed by atoms with E-state index in [0.717, 1.165) is 46.9 Å². The molecule has 2 aliphatic rings. The normalized spacial score (nSPS) is 16.3. The minimum absolute atomic E-state index is 0.0596. The fourth-order valence-corrected chi connectivity index (χ4v) is 5.97. The molecule has 5 rings (SSSR count). The maximum Gasteiger partial charge on any atom is 0.292 e. The summed E-state index contributed by atoms with van der Waals surface area (Å²) in [6.45, 7) is 4.11. The predicted molar refractivity (Wildman–Crippen MR) is 145 cm³/mol. The number of nitro benzene ring substituents is 1. The van der Waals surface area contributed by atoms with Crippen LogP contribution in [-0.4, -0.2) is 62.1 Å². The maximum absolute atomic E-state index is 13.5. The summed E-state index contributed by atoms with van der Waals surface area (Å²) in [5, 5.41) is 13.6. The van der Waals surface area contributed by atoms with Crippen molar-refractivity contribution in [2.75, 3.05) is 56.2 Å². The van der Waals surface area contributed by atoms with Crippen molar-refractivity contribution in [3.05, 3.63) is 68.7 Å². The number of hydrogen-bond donors (Lipinski definition) is 0. The number of rotatable bonds is 5. The second-order valence-electron chi connectivity index (χ2n) is 9.25. The molecule has 0 unspecified atom stereocenters. The summed E-state index contributed by atoms with van der Waals surface area (Å²) in [4.78, 5) is 31.1. The molecule has 36 heavy (non-hydrogen) atoms. The summed E-state index contributed by atoms with van der Waals surface area (Å²) in [6.07, 6.45) is 3.27. The smallest absolute Gasteiger partial charge is 0.292 e. The Hall–Kier alpha value is -3.33. The van der Waals surface area contributed by atoms with E-state index in [0.29, 0.717) is 43.2 Å². The van der Waals surface area contributed by atoms with Crippen LogP contribution in [0.2, 0.25) is 0 Å².